The van der Waals surface area contributed by atoms with E-state index >= 15 is 0 Å². The van der Waals surface area contributed by atoms with Crippen LogP contribution < -0.4 is 0 Å². The third kappa shape index (κ3) is 2.50. The summed E-state index contributed by atoms with van der Waals surface area (Å²) in [5.74, 6) is 0.233. The van der Waals surface area contributed by atoms with Gasteiger partial charge in [-0.1, -0.05) is 0 Å². The molecule has 1 aliphatic heterocycles. The summed E-state index contributed by atoms with van der Waals surface area (Å²) in [6.07, 6.45) is 1.13. The highest BCUT2D eigenvalue weighted by molar-refractivity contribution is 5.92. The first kappa shape index (κ1) is 12.1. The van der Waals surface area contributed by atoms with Crippen molar-refractivity contribution in [2.75, 3.05) is 19.7 Å². The fourth-order valence-electron chi connectivity index (χ4n) is 2.05. The minimum absolute atomic E-state index is 0.0693. The fraction of sp³-hybridized carbons (Fsp3) is 0.583. The van der Waals surface area contributed by atoms with Crippen molar-refractivity contribution in [1.82, 2.24) is 4.90 Å². The van der Waals surface area contributed by atoms with E-state index in [0.29, 0.717) is 18.8 Å². The molecule has 2 atom stereocenters. The number of nitrogens with zero attached hydrogens (tertiary/aromatic N) is 1. The van der Waals surface area contributed by atoms with Crippen LogP contribution in [0, 0.1) is 6.92 Å². The Kier molecular flexibility index (Phi) is 3.49. The highest BCUT2D eigenvalue weighted by atomic mass is 16.5. The lowest BCUT2D eigenvalue weighted by atomic mass is 10.2. The summed E-state index contributed by atoms with van der Waals surface area (Å²) >= 11 is 0. The molecular formula is C12H17NO4. The number of aliphatic hydroxyl groups excluding tert-OH is 1. The van der Waals surface area contributed by atoms with Crippen LogP contribution >= 0.6 is 0 Å². The molecule has 0 aromatic carbocycles. The number of amides is 1. The van der Waals surface area contributed by atoms with Crippen LogP contribution in [-0.2, 0) is 4.74 Å². The van der Waals surface area contributed by atoms with Gasteiger partial charge in [0.1, 0.15) is 0 Å². The van der Waals surface area contributed by atoms with Crippen LogP contribution in [0.3, 0.4) is 0 Å². The van der Waals surface area contributed by atoms with Crippen LogP contribution in [0.1, 0.15) is 23.0 Å². The van der Waals surface area contributed by atoms with Gasteiger partial charge in [0.25, 0.3) is 5.91 Å². The van der Waals surface area contributed by atoms with Gasteiger partial charge in [-0.3, -0.25) is 4.79 Å². The molecule has 1 fully saturated rings. The van der Waals surface area contributed by atoms with Gasteiger partial charge in [-0.15, -0.1) is 0 Å². The molecular weight excluding hydrogens is 222 g/mol. The van der Waals surface area contributed by atoms with Gasteiger partial charge in [0.15, 0.2) is 5.76 Å². The molecule has 5 heteroatoms. The Balaban J connectivity index is 2.11. The second-order valence-corrected chi connectivity index (χ2v) is 4.39. The SMILES string of the molecule is Cc1ccoc1C(=O)N1CC(C)OC(CO)C1. The number of hydrogen-bond acceptors (Lipinski definition) is 4. The Labute approximate surface area is 100.0 Å². The molecule has 1 aromatic heterocycles. The van der Waals surface area contributed by atoms with E-state index in [0.717, 1.165) is 5.56 Å². The minimum Gasteiger partial charge on any atom is -0.459 e. The van der Waals surface area contributed by atoms with E-state index in [1.54, 1.807) is 11.0 Å². The molecule has 0 saturated carbocycles. The quantitative estimate of drug-likeness (QED) is 0.829. The van der Waals surface area contributed by atoms with Crippen molar-refractivity contribution in [1.29, 1.82) is 0 Å². The van der Waals surface area contributed by atoms with Crippen molar-refractivity contribution < 1.29 is 19.1 Å². The van der Waals surface area contributed by atoms with E-state index in [2.05, 4.69) is 0 Å². The number of morpholine rings is 1. The van der Waals surface area contributed by atoms with E-state index in [1.807, 2.05) is 13.8 Å². The molecule has 0 spiro atoms. The summed E-state index contributed by atoms with van der Waals surface area (Å²) in [5.41, 5.74) is 0.828. The summed E-state index contributed by atoms with van der Waals surface area (Å²) in [7, 11) is 0. The lowest BCUT2D eigenvalue weighted by molar-refractivity contribution is -0.0863. The second-order valence-electron chi connectivity index (χ2n) is 4.39. The Hall–Kier alpha value is -1.33. The summed E-state index contributed by atoms with van der Waals surface area (Å²) < 4.78 is 10.7. The van der Waals surface area contributed by atoms with Gasteiger partial charge in [-0.2, -0.15) is 0 Å². The summed E-state index contributed by atoms with van der Waals surface area (Å²) in [6.45, 7) is 4.57. The zero-order chi connectivity index (χ0) is 12.4. The van der Waals surface area contributed by atoms with Crippen molar-refractivity contribution in [2.45, 2.75) is 26.1 Å². The number of carbonyl (C=O) groups is 1. The third-order valence-corrected chi connectivity index (χ3v) is 2.87. The molecule has 94 valence electrons. The van der Waals surface area contributed by atoms with Crippen molar-refractivity contribution in [3.63, 3.8) is 0 Å². The van der Waals surface area contributed by atoms with E-state index in [1.165, 1.54) is 6.26 Å². The Morgan fingerprint density at radius 1 is 1.59 bits per heavy atom. The number of aryl methyl sites for hydroxylation is 1. The molecule has 1 amide bonds. The van der Waals surface area contributed by atoms with Crippen LogP contribution in [0.15, 0.2) is 16.7 Å². The van der Waals surface area contributed by atoms with Gasteiger partial charge >= 0.3 is 0 Å². The van der Waals surface area contributed by atoms with Gasteiger partial charge in [0, 0.05) is 18.7 Å². The standard InChI is InChI=1S/C12H17NO4/c1-8-3-4-16-11(8)12(15)13-5-9(2)17-10(6-13)7-14/h3-4,9-10,14H,5-7H2,1-2H3. The Morgan fingerprint density at radius 2 is 2.35 bits per heavy atom. The topological polar surface area (TPSA) is 62.9 Å². The van der Waals surface area contributed by atoms with Crippen LogP contribution in [0.4, 0.5) is 0 Å². The summed E-state index contributed by atoms with van der Waals surface area (Å²) in [4.78, 5) is 13.9. The molecule has 1 N–H and O–H groups in total. The van der Waals surface area contributed by atoms with E-state index < -0.39 is 0 Å². The van der Waals surface area contributed by atoms with Crippen LogP contribution in [0.5, 0.6) is 0 Å². The van der Waals surface area contributed by atoms with E-state index in [4.69, 9.17) is 14.3 Å². The predicted molar refractivity (Wildman–Crippen MR) is 60.8 cm³/mol. The van der Waals surface area contributed by atoms with E-state index in [-0.39, 0.29) is 24.7 Å². The maximum atomic E-state index is 12.2. The lowest BCUT2D eigenvalue weighted by Crippen LogP contribution is -2.50. The van der Waals surface area contributed by atoms with Gasteiger partial charge in [-0.05, 0) is 19.9 Å². The minimum atomic E-state index is -0.307. The van der Waals surface area contributed by atoms with Crippen molar-refractivity contribution in [3.05, 3.63) is 23.7 Å². The average Bonchev–Trinajstić information content (AvgIpc) is 2.73. The number of ether oxygens (including phenoxy) is 1. The summed E-state index contributed by atoms with van der Waals surface area (Å²) in [6, 6.07) is 1.76. The number of aliphatic hydroxyl groups is 1. The molecule has 5 nitrogen and oxygen atoms in total. The number of rotatable bonds is 2. The molecule has 1 saturated heterocycles. The normalized spacial score (nSPS) is 25.0. The molecule has 0 bridgehead atoms. The smallest absolute Gasteiger partial charge is 0.290 e. The molecule has 1 aliphatic rings. The van der Waals surface area contributed by atoms with Crippen molar-refractivity contribution >= 4 is 5.91 Å². The van der Waals surface area contributed by atoms with Crippen LogP contribution in [0.25, 0.3) is 0 Å². The molecule has 0 aliphatic carbocycles. The van der Waals surface area contributed by atoms with Gasteiger partial charge in [-0.25, -0.2) is 0 Å². The maximum absolute atomic E-state index is 12.2. The lowest BCUT2D eigenvalue weighted by Gasteiger charge is -2.35. The van der Waals surface area contributed by atoms with Crippen molar-refractivity contribution in [2.24, 2.45) is 0 Å². The highest BCUT2D eigenvalue weighted by Gasteiger charge is 2.30. The monoisotopic (exact) mass is 239 g/mol. The molecule has 17 heavy (non-hydrogen) atoms. The molecule has 2 heterocycles. The first-order valence-corrected chi connectivity index (χ1v) is 5.71. The first-order valence-electron chi connectivity index (χ1n) is 5.71. The Morgan fingerprint density at radius 3 is 2.94 bits per heavy atom. The van der Waals surface area contributed by atoms with Crippen LogP contribution in [-0.4, -0.2) is 47.8 Å². The predicted octanol–water partition coefficient (Wildman–Crippen LogP) is 0.810. The van der Waals surface area contributed by atoms with Gasteiger partial charge < -0.3 is 19.2 Å². The van der Waals surface area contributed by atoms with Crippen LogP contribution in [0.2, 0.25) is 0 Å². The molecule has 2 unspecified atom stereocenters. The molecule has 0 radical (unpaired) electrons. The highest BCUT2D eigenvalue weighted by Crippen LogP contribution is 2.17. The van der Waals surface area contributed by atoms with Gasteiger partial charge in [0.05, 0.1) is 25.1 Å². The fourth-order valence-corrected chi connectivity index (χ4v) is 2.05. The zero-order valence-corrected chi connectivity index (χ0v) is 10.0. The number of furan rings is 1. The Bertz CT molecular complexity index is 401. The largest absolute Gasteiger partial charge is 0.459 e. The number of hydrogen-bond donors (Lipinski definition) is 1. The zero-order valence-electron chi connectivity index (χ0n) is 10.0. The third-order valence-electron chi connectivity index (χ3n) is 2.87. The number of carbonyl (C=O) groups excluding carboxylic acids is 1. The second kappa shape index (κ2) is 4.89. The first-order chi connectivity index (χ1) is 8.11. The van der Waals surface area contributed by atoms with Gasteiger partial charge in [0.2, 0.25) is 0 Å². The molecule has 2 rings (SSSR count). The average molecular weight is 239 g/mol. The van der Waals surface area contributed by atoms with Crippen molar-refractivity contribution in [3.8, 4) is 0 Å². The summed E-state index contributed by atoms with van der Waals surface area (Å²) in [5, 5.41) is 9.11. The molecule has 1 aromatic rings. The van der Waals surface area contributed by atoms with E-state index in [9.17, 15) is 4.79 Å². The maximum Gasteiger partial charge on any atom is 0.290 e.